The second-order valence-electron chi connectivity index (χ2n) is 5.06. The molecule has 4 nitrogen and oxygen atoms in total. The van der Waals surface area contributed by atoms with Gasteiger partial charge in [0.15, 0.2) is 0 Å². The lowest BCUT2D eigenvalue weighted by atomic mass is 10.0. The summed E-state index contributed by atoms with van der Waals surface area (Å²) < 4.78 is 6.70. The first-order valence-corrected chi connectivity index (χ1v) is 8.70. The molecule has 2 rings (SSSR count). The number of hydrogen-bond donors (Lipinski definition) is 2. The maximum absolute atomic E-state index is 12.5. The fourth-order valence-electron chi connectivity index (χ4n) is 2.34. The van der Waals surface area contributed by atoms with E-state index < -0.39 is 0 Å². The minimum atomic E-state index is -0.172. The summed E-state index contributed by atoms with van der Waals surface area (Å²) in [4.78, 5) is 12.5. The van der Waals surface area contributed by atoms with Crippen LogP contribution in [0, 0.1) is 6.92 Å². The SMILES string of the molecule is CCc1c(Br)c(N)c(Br)c(C)c1NC(=O)c1ccc(OC)cc1. The topological polar surface area (TPSA) is 64.3 Å². The first-order chi connectivity index (χ1) is 10.9. The third-order valence-electron chi connectivity index (χ3n) is 3.69. The van der Waals surface area contributed by atoms with Crippen molar-refractivity contribution < 1.29 is 9.53 Å². The van der Waals surface area contributed by atoms with Gasteiger partial charge in [-0.25, -0.2) is 0 Å². The molecule has 3 N–H and O–H groups in total. The summed E-state index contributed by atoms with van der Waals surface area (Å²) in [5.41, 5.74) is 9.95. The van der Waals surface area contributed by atoms with E-state index in [9.17, 15) is 4.79 Å². The van der Waals surface area contributed by atoms with Gasteiger partial charge in [0, 0.05) is 20.2 Å². The summed E-state index contributed by atoms with van der Waals surface area (Å²) in [6, 6.07) is 6.99. The maximum Gasteiger partial charge on any atom is 0.255 e. The third-order valence-corrected chi connectivity index (χ3v) is 5.62. The van der Waals surface area contributed by atoms with Crippen LogP contribution in [0.1, 0.15) is 28.4 Å². The van der Waals surface area contributed by atoms with Crippen molar-refractivity contribution in [2.45, 2.75) is 20.3 Å². The Hall–Kier alpha value is -1.53. The fraction of sp³-hybridized carbons (Fsp3) is 0.235. The molecule has 0 bridgehead atoms. The predicted molar refractivity (Wildman–Crippen MR) is 101 cm³/mol. The number of rotatable bonds is 4. The van der Waals surface area contributed by atoms with Crippen LogP contribution in [0.5, 0.6) is 5.75 Å². The summed E-state index contributed by atoms with van der Waals surface area (Å²) in [6.45, 7) is 3.95. The molecular weight excluding hydrogens is 424 g/mol. The number of hydrogen-bond acceptors (Lipinski definition) is 3. The van der Waals surface area contributed by atoms with Crippen LogP contribution >= 0.6 is 31.9 Å². The highest BCUT2D eigenvalue weighted by Gasteiger charge is 2.18. The van der Waals surface area contributed by atoms with Gasteiger partial charge in [-0.05, 0) is 80.6 Å². The molecule has 2 aromatic rings. The summed E-state index contributed by atoms with van der Waals surface area (Å²) in [5, 5.41) is 3.00. The Bertz CT molecular complexity index is 743. The zero-order valence-electron chi connectivity index (χ0n) is 13.2. The van der Waals surface area contributed by atoms with Gasteiger partial charge in [-0.3, -0.25) is 4.79 Å². The number of carbonyl (C=O) groups excluding carboxylic acids is 1. The Morgan fingerprint density at radius 1 is 1.22 bits per heavy atom. The van der Waals surface area contributed by atoms with Crippen molar-refractivity contribution in [3.05, 3.63) is 49.9 Å². The lowest BCUT2D eigenvalue weighted by Crippen LogP contribution is -2.15. The van der Waals surface area contributed by atoms with E-state index in [1.54, 1.807) is 31.4 Å². The molecule has 0 aliphatic heterocycles. The Morgan fingerprint density at radius 3 is 2.35 bits per heavy atom. The molecule has 0 aliphatic carbocycles. The Morgan fingerprint density at radius 2 is 1.83 bits per heavy atom. The normalized spacial score (nSPS) is 10.5. The van der Waals surface area contributed by atoms with Crippen LogP contribution in [0.2, 0.25) is 0 Å². The summed E-state index contributed by atoms with van der Waals surface area (Å²) in [5.74, 6) is 0.541. The first-order valence-electron chi connectivity index (χ1n) is 7.12. The number of halogens is 2. The number of nitrogens with one attached hydrogen (secondary N) is 1. The van der Waals surface area contributed by atoms with Crippen LogP contribution in [0.15, 0.2) is 33.2 Å². The third kappa shape index (κ3) is 3.53. The van der Waals surface area contributed by atoms with Crippen molar-refractivity contribution in [3.8, 4) is 5.75 Å². The predicted octanol–water partition coefficient (Wildman–Crippen LogP) is 4.93. The highest BCUT2D eigenvalue weighted by molar-refractivity contribution is 9.11. The van der Waals surface area contributed by atoms with E-state index in [-0.39, 0.29) is 5.91 Å². The van der Waals surface area contributed by atoms with E-state index in [4.69, 9.17) is 10.5 Å². The van der Waals surface area contributed by atoms with Crippen LogP contribution in [-0.4, -0.2) is 13.0 Å². The van der Waals surface area contributed by atoms with Crippen molar-refractivity contribution in [1.82, 2.24) is 0 Å². The zero-order chi connectivity index (χ0) is 17.1. The van der Waals surface area contributed by atoms with Gasteiger partial charge in [0.1, 0.15) is 5.75 Å². The number of methoxy groups -OCH3 is 1. The molecule has 0 spiro atoms. The van der Waals surface area contributed by atoms with Crippen molar-refractivity contribution in [1.29, 1.82) is 0 Å². The molecule has 0 saturated heterocycles. The first kappa shape index (κ1) is 17.8. The van der Waals surface area contributed by atoms with Crippen molar-refractivity contribution in [2.75, 3.05) is 18.2 Å². The van der Waals surface area contributed by atoms with Crippen LogP contribution in [-0.2, 0) is 6.42 Å². The zero-order valence-corrected chi connectivity index (χ0v) is 16.3. The quantitative estimate of drug-likeness (QED) is 0.661. The molecule has 0 radical (unpaired) electrons. The smallest absolute Gasteiger partial charge is 0.255 e. The Labute approximate surface area is 152 Å². The van der Waals surface area contributed by atoms with E-state index in [2.05, 4.69) is 37.2 Å². The number of nitrogen functional groups attached to an aromatic ring is 1. The summed E-state index contributed by atoms with van der Waals surface area (Å²) in [6.07, 6.45) is 0.747. The van der Waals surface area contributed by atoms with Gasteiger partial charge < -0.3 is 15.8 Å². The van der Waals surface area contributed by atoms with E-state index in [1.165, 1.54) is 0 Å². The number of ether oxygens (including phenoxy) is 1. The van der Waals surface area contributed by atoms with Gasteiger partial charge in [-0.2, -0.15) is 0 Å². The standard InChI is InChI=1S/C17H18Br2N2O2/c1-4-12-14(19)15(20)13(18)9(2)16(12)21-17(22)10-5-7-11(23-3)8-6-10/h5-8H,4,20H2,1-3H3,(H,21,22). The van der Waals surface area contributed by atoms with Crippen LogP contribution < -0.4 is 15.8 Å². The van der Waals surface area contributed by atoms with Crippen LogP contribution in [0.25, 0.3) is 0 Å². The summed E-state index contributed by atoms with van der Waals surface area (Å²) >= 11 is 7.00. The van der Waals surface area contributed by atoms with E-state index >= 15 is 0 Å². The second-order valence-corrected chi connectivity index (χ2v) is 6.64. The number of carbonyl (C=O) groups is 1. The molecule has 0 aromatic heterocycles. The average Bonchev–Trinajstić information content (AvgIpc) is 2.58. The van der Waals surface area contributed by atoms with Gasteiger partial charge >= 0.3 is 0 Å². The molecule has 122 valence electrons. The molecule has 0 aliphatic rings. The molecule has 6 heteroatoms. The highest BCUT2D eigenvalue weighted by Crippen LogP contribution is 2.40. The lowest BCUT2D eigenvalue weighted by molar-refractivity contribution is 0.102. The molecule has 0 saturated carbocycles. The molecule has 0 heterocycles. The van der Waals surface area contributed by atoms with Gasteiger partial charge in [0.05, 0.1) is 12.8 Å². The molecule has 2 aromatic carbocycles. The van der Waals surface area contributed by atoms with E-state index in [0.717, 1.165) is 32.2 Å². The molecule has 23 heavy (non-hydrogen) atoms. The molecule has 0 fully saturated rings. The van der Waals surface area contributed by atoms with Gasteiger partial charge in [-0.15, -0.1) is 0 Å². The van der Waals surface area contributed by atoms with Crippen molar-refractivity contribution in [3.63, 3.8) is 0 Å². The van der Waals surface area contributed by atoms with E-state index in [0.29, 0.717) is 17.0 Å². The molecule has 0 atom stereocenters. The number of nitrogens with two attached hydrogens (primary N) is 1. The largest absolute Gasteiger partial charge is 0.497 e. The average molecular weight is 442 g/mol. The van der Waals surface area contributed by atoms with Gasteiger partial charge in [0.2, 0.25) is 0 Å². The fourth-order valence-corrected chi connectivity index (χ4v) is 3.68. The molecule has 1 amide bonds. The highest BCUT2D eigenvalue weighted by atomic mass is 79.9. The van der Waals surface area contributed by atoms with Gasteiger partial charge in [0.25, 0.3) is 5.91 Å². The monoisotopic (exact) mass is 440 g/mol. The minimum absolute atomic E-state index is 0.172. The van der Waals surface area contributed by atoms with Crippen molar-refractivity contribution in [2.24, 2.45) is 0 Å². The summed E-state index contributed by atoms with van der Waals surface area (Å²) in [7, 11) is 1.59. The molecule has 0 unspecified atom stereocenters. The minimum Gasteiger partial charge on any atom is -0.497 e. The lowest BCUT2D eigenvalue weighted by Gasteiger charge is -2.18. The Balaban J connectivity index is 2.40. The van der Waals surface area contributed by atoms with E-state index in [1.807, 2.05) is 13.8 Å². The van der Waals surface area contributed by atoms with Crippen LogP contribution in [0.4, 0.5) is 11.4 Å². The number of benzene rings is 2. The van der Waals surface area contributed by atoms with Crippen molar-refractivity contribution >= 4 is 49.1 Å². The van der Waals surface area contributed by atoms with Gasteiger partial charge in [-0.1, -0.05) is 6.92 Å². The second kappa shape index (κ2) is 7.36. The maximum atomic E-state index is 12.5. The molecular formula is C17H18Br2N2O2. The Kier molecular flexibility index (Phi) is 5.70. The number of anilines is 2. The number of amides is 1. The van der Waals surface area contributed by atoms with Crippen LogP contribution in [0.3, 0.4) is 0 Å².